The summed E-state index contributed by atoms with van der Waals surface area (Å²) in [5.41, 5.74) is 0.540. The molecule has 0 saturated heterocycles. The first-order valence-corrected chi connectivity index (χ1v) is 2.76. The minimum atomic E-state index is -0.692. The van der Waals surface area contributed by atoms with Crippen molar-refractivity contribution in [1.82, 2.24) is 5.32 Å². The summed E-state index contributed by atoms with van der Waals surface area (Å²) in [6.07, 6.45) is 1.11. The van der Waals surface area contributed by atoms with Crippen molar-refractivity contribution in [2.75, 3.05) is 7.05 Å². The van der Waals surface area contributed by atoms with Crippen LogP contribution < -0.4 is 5.32 Å². The van der Waals surface area contributed by atoms with Gasteiger partial charge < -0.3 is 5.21 Å². The van der Waals surface area contributed by atoms with E-state index in [-0.39, 0.29) is 4.74 Å². The van der Waals surface area contributed by atoms with Gasteiger partial charge in [-0.3, -0.25) is 0 Å². The van der Waals surface area contributed by atoms with Crippen LogP contribution >= 0.6 is 0 Å². The lowest BCUT2D eigenvalue weighted by molar-refractivity contribution is -0.345. The first-order valence-electron chi connectivity index (χ1n) is 2.76. The Morgan fingerprint density at radius 3 is 2.60 bits per heavy atom. The second-order valence-corrected chi connectivity index (χ2v) is 1.86. The maximum absolute atomic E-state index is 10.6. The number of carbonyl (C=O) groups excluding carboxylic acids is 1. The van der Waals surface area contributed by atoms with E-state index in [1.54, 1.807) is 6.92 Å². The minimum absolute atomic E-state index is 0.197. The van der Waals surface area contributed by atoms with Crippen LogP contribution in [0.1, 0.15) is 6.92 Å². The van der Waals surface area contributed by atoms with Crippen LogP contribution in [0.5, 0.6) is 0 Å². The highest BCUT2D eigenvalue weighted by atomic mass is 16.5. The predicted octanol–water partition coefficient (Wildman–Crippen LogP) is 0.483. The van der Waals surface area contributed by atoms with Crippen molar-refractivity contribution < 1.29 is 9.53 Å². The third-order valence-electron chi connectivity index (χ3n) is 0.752. The Hall–Kier alpha value is -1.32. The number of urea groups is 1. The SMILES string of the molecule is C=C(C)/C=[N+](\[O-])C(=O)NC. The van der Waals surface area contributed by atoms with Crippen LogP contribution in [-0.2, 0) is 0 Å². The van der Waals surface area contributed by atoms with E-state index in [9.17, 15) is 10.0 Å². The number of amides is 2. The number of carbonyl (C=O) groups is 1. The van der Waals surface area contributed by atoms with Crippen molar-refractivity contribution in [1.29, 1.82) is 0 Å². The number of hydroxylamine groups is 1. The Bertz CT molecular complexity index is 184. The van der Waals surface area contributed by atoms with Gasteiger partial charge in [0.15, 0.2) is 0 Å². The van der Waals surface area contributed by atoms with E-state index in [2.05, 4.69) is 11.9 Å². The first-order chi connectivity index (χ1) is 4.57. The van der Waals surface area contributed by atoms with Crippen molar-refractivity contribution in [3.63, 3.8) is 0 Å². The molecule has 0 aliphatic rings. The number of hydrogen-bond acceptors (Lipinski definition) is 2. The fraction of sp³-hybridized carbons (Fsp3) is 0.333. The van der Waals surface area contributed by atoms with E-state index in [1.807, 2.05) is 0 Å². The molecule has 0 fully saturated rings. The monoisotopic (exact) mass is 142 g/mol. The summed E-state index contributed by atoms with van der Waals surface area (Å²) in [7, 11) is 1.39. The normalized spacial score (nSPS) is 10.8. The van der Waals surface area contributed by atoms with Crippen molar-refractivity contribution in [2.24, 2.45) is 0 Å². The quantitative estimate of drug-likeness (QED) is 0.250. The largest absolute Gasteiger partial charge is 0.708 e. The summed E-state index contributed by atoms with van der Waals surface area (Å²) in [4.78, 5) is 10.5. The van der Waals surface area contributed by atoms with Gasteiger partial charge in [-0.05, 0) is 12.5 Å². The van der Waals surface area contributed by atoms with Crippen LogP contribution in [0.25, 0.3) is 0 Å². The summed E-state index contributed by atoms with van der Waals surface area (Å²) in [6, 6.07) is -0.692. The molecule has 0 unspecified atom stereocenters. The Morgan fingerprint density at radius 1 is 1.80 bits per heavy atom. The molecule has 10 heavy (non-hydrogen) atoms. The van der Waals surface area contributed by atoms with Crippen LogP contribution in [0.2, 0.25) is 0 Å². The Labute approximate surface area is 59.4 Å². The first kappa shape index (κ1) is 8.68. The van der Waals surface area contributed by atoms with Crippen LogP contribution in [0.4, 0.5) is 4.79 Å². The van der Waals surface area contributed by atoms with E-state index in [0.717, 1.165) is 6.21 Å². The zero-order valence-electron chi connectivity index (χ0n) is 6.05. The molecule has 0 heterocycles. The van der Waals surface area contributed by atoms with Crippen LogP contribution in [-0.4, -0.2) is 24.0 Å². The van der Waals surface area contributed by atoms with E-state index in [4.69, 9.17) is 0 Å². The molecule has 2 amide bonds. The Balaban J connectivity index is 4.19. The van der Waals surface area contributed by atoms with E-state index >= 15 is 0 Å². The van der Waals surface area contributed by atoms with Gasteiger partial charge in [0.1, 0.15) is 0 Å². The molecule has 0 bridgehead atoms. The average molecular weight is 142 g/mol. The average Bonchev–Trinajstić information content (AvgIpc) is 1.85. The summed E-state index contributed by atoms with van der Waals surface area (Å²) < 4.78 is 0.197. The van der Waals surface area contributed by atoms with Gasteiger partial charge in [0.2, 0.25) is 0 Å². The molecule has 4 heteroatoms. The second kappa shape index (κ2) is 3.66. The van der Waals surface area contributed by atoms with Gasteiger partial charge in [-0.15, -0.1) is 0 Å². The molecule has 0 aromatic rings. The highest BCUT2D eigenvalue weighted by Crippen LogP contribution is 1.80. The third-order valence-corrected chi connectivity index (χ3v) is 0.752. The van der Waals surface area contributed by atoms with Crippen LogP contribution in [0, 0.1) is 5.21 Å². The number of rotatable bonds is 1. The number of nitrogens with one attached hydrogen (secondary N) is 1. The van der Waals surface area contributed by atoms with Gasteiger partial charge >= 0.3 is 6.03 Å². The number of nitrogens with zero attached hydrogens (tertiary/aromatic N) is 1. The summed E-state index contributed by atoms with van der Waals surface area (Å²) in [5.74, 6) is 0. The van der Waals surface area contributed by atoms with Crippen molar-refractivity contribution in [3.05, 3.63) is 17.4 Å². The zero-order valence-corrected chi connectivity index (χ0v) is 6.05. The number of allylic oxidation sites excluding steroid dienone is 1. The maximum Gasteiger partial charge on any atom is 0.493 e. The van der Waals surface area contributed by atoms with E-state index < -0.39 is 6.03 Å². The summed E-state index contributed by atoms with van der Waals surface area (Å²) in [6.45, 7) is 5.07. The van der Waals surface area contributed by atoms with Crippen molar-refractivity contribution >= 4 is 12.2 Å². The molecular weight excluding hydrogens is 132 g/mol. The standard InChI is InChI=1S/C6H10N2O2/c1-5(2)4-8(10)6(9)7-3/h4H,1H2,2-3H3,(H,7,9)/b8-4-. The summed E-state index contributed by atoms with van der Waals surface area (Å²) >= 11 is 0. The molecule has 0 rings (SSSR count). The zero-order chi connectivity index (χ0) is 8.15. The van der Waals surface area contributed by atoms with E-state index in [1.165, 1.54) is 7.05 Å². The molecular formula is C6H10N2O2. The minimum Gasteiger partial charge on any atom is -0.708 e. The highest BCUT2D eigenvalue weighted by molar-refractivity contribution is 5.79. The van der Waals surface area contributed by atoms with Crippen LogP contribution in [0.3, 0.4) is 0 Å². The molecule has 0 aromatic carbocycles. The lowest BCUT2D eigenvalue weighted by Gasteiger charge is -2.02. The lowest BCUT2D eigenvalue weighted by atomic mass is 10.4. The molecule has 4 nitrogen and oxygen atoms in total. The van der Waals surface area contributed by atoms with Gasteiger partial charge in [0.25, 0.3) is 0 Å². The van der Waals surface area contributed by atoms with Gasteiger partial charge in [0, 0.05) is 0 Å². The highest BCUT2D eigenvalue weighted by Gasteiger charge is 2.01. The fourth-order valence-electron chi connectivity index (χ4n) is 0.369. The molecule has 0 saturated carbocycles. The molecule has 0 aliphatic heterocycles. The van der Waals surface area contributed by atoms with Gasteiger partial charge in [-0.1, -0.05) is 6.58 Å². The number of hydrogen-bond donors (Lipinski definition) is 1. The van der Waals surface area contributed by atoms with Gasteiger partial charge in [-0.2, -0.15) is 4.79 Å². The molecule has 0 spiro atoms. The molecule has 1 N–H and O–H groups in total. The lowest BCUT2D eigenvalue weighted by Crippen LogP contribution is -2.27. The Kier molecular flexibility index (Phi) is 3.17. The molecule has 0 aromatic heterocycles. The molecule has 0 aliphatic carbocycles. The van der Waals surface area contributed by atoms with Crippen molar-refractivity contribution in [2.45, 2.75) is 6.92 Å². The molecule has 0 atom stereocenters. The van der Waals surface area contributed by atoms with E-state index in [0.29, 0.717) is 5.57 Å². The summed E-state index contributed by atoms with van der Waals surface area (Å²) in [5, 5.41) is 12.7. The third kappa shape index (κ3) is 2.86. The van der Waals surface area contributed by atoms with Gasteiger partial charge in [-0.25, -0.2) is 10.1 Å². The second-order valence-electron chi connectivity index (χ2n) is 1.86. The van der Waals surface area contributed by atoms with Crippen LogP contribution in [0.15, 0.2) is 12.2 Å². The van der Waals surface area contributed by atoms with Crippen molar-refractivity contribution in [3.8, 4) is 0 Å². The van der Waals surface area contributed by atoms with Gasteiger partial charge in [0.05, 0.1) is 13.3 Å². The Morgan fingerprint density at radius 2 is 2.30 bits per heavy atom. The maximum atomic E-state index is 10.6. The topological polar surface area (TPSA) is 55.2 Å². The fourth-order valence-corrected chi connectivity index (χ4v) is 0.369. The smallest absolute Gasteiger partial charge is 0.493 e. The molecule has 0 radical (unpaired) electrons. The predicted molar refractivity (Wildman–Crippen MR) is 39.0 cm³/mol. The molecule has 56 valence electrons.